The number of nitrogens with one attached hydrogen (secondary N) is 1. The van der Waals surface area contributed by atoms with E-state index in [0.29, 0.717) is 4.90 Å². The molecule has 0 heterocycles. The monoisotopic (exact) mass is 314 g/mol. The van der Waals surface area contributed by atoms with Gasteiger partial charge in [-0.3, -0.25) is 4.79 Å². The Kier molecular flexibility index (Phi) is 7.48. The molecule has 21 heavy (non-hydrogen) atoms. The van der Waals surface area contributed by atoms with Gasteiger partial charge in [-0.15, -0.1) is 0 Å². The van der Waals surface area contributed by atoms with E-state index in [0.717, 1.165) is 7.05 Å². The van der Waals surface area contributed by atoms with Crippen molar-refractivity contribution in [2.24, 2.45) is 0 Å². The zero-order valence-corrected chi connectivity index (χ0v) is 12.5. The highest BCUT2D eigenvalue weighted by Gasteiger charge is 2.40. The van der Waals surface area contributed by atoms with E-state index >= 15 is 0 Å². The smallest absolute Gasteiger partial charge is 0.444 e. The molecule has 124 valence electrons. The summed E-state index contributed by atoms with van der Waals surface area (Å²) >= 11 is 0. The fraction of sp³-hybridized carbons (Fsp3) is 0.833. The molecule has 0 aliphatic carbocycles. The van der Waals surface area contributed by atoms with Crippen LogP contribution in [0, 0.1) is 0 Å². The lowest BCUT2D eigenvalue weighted by Gasteiger charge is -2.20. The number of halogens is 3. The summed E-state index contributed by atoms with van der Waals surface area (Å²) in [6, 6.07) is 0. The number of ether oxygens (including phenoxy) is 2. The van der Waals surface area contributed by atoms with E-state index in [9.17, 15) is 22.8 Å². The van der Waals surface area contributed by atoms with Gasteiger partial charge in [-0.1, -0.05) is 0 Å². The topological polar surface area (TPSA) is 67.9 Å². The summed E-state index contributed by atoms with van der Waals surface area (Å²) in [5, 5.41) is 2.43. The summed E-state index contributed by atoms with van der Waals surface area (Å²) < 4.78 is 46.2. The Hall–Kier alpha value is -1.51. The van der Waals surface area contributed by atoms with Gasteiger partial charge in [0, 0.05) is 20.1 Å². The highest BCUT2D eigenvalue weighted by atomic mass is 19.4. The average Bonchev–Trinajstić information content (AvgIpc) is 2.28. The third-order valence-corrected chi connectivity index (χ3v) is 2.07. The van der Waals surface area contributed by atoms with E-state index < -0.39 is 23.8 Å². The van der Waals surface area contributed by atoms with Gasteiger partial charge in [0.15, 0.2) is 0 Å². The fourth-order valence-corrected chi connectivity index (χ4v) is 1.16. The van der Waals surface area contributed by atoms with E-state index in [1.54, 1.807) is 20.8 Å². The molecule has 0 saturated heterocycles. The number of carbonyl (C=O) groups is 2. The lowest BCUT2D eigenvalue weighted by atomic mass is 10.2. The van der Waals surface area contributed by atoms with Gasteiger partial charge in [0.05, 0.1) is 13.2 Å². The van der Waals surface area contributed by atoms with Gasteiger partial charge in [-0.2, -0.15) is 13.2 Å². The Balaban J connectivity index is 3.70. The Morgan fingerprint density at radius 3 is 2.19 bits per heavy atom. The van der Waals surface area contributed by atoms with E-state index in [-0.39, 0.29) is 26.3 Å². The number of rotatable bonds is 6. The number of amides is 2. The molecule has 0 rings (SSSR count). The molecule has 0 aliphatic heterocycles. The van der Waals surface area contributed by atoms with E-state index in [1.807, 2.05) is 0 Å². The zero-order valence-electron chi connectivity index (χ0n) is 12.5. The van der Waals surface area contributed by atoms with Crippen LogP contribution in [-0.4, -0.2) is 62.0 Å². The molecular formula is C12H21F3N2O4. The number of hydrogen-bond donors (Lipinski definition) is 1. The molecule has 0 unspecified atom stereocenters. The van der Waals surface area contributed by atoms with Crippen LogP contribution in [0.15, 0.2) is 0 Å². The second kappa shape index (κ2) is 8.06. The van der Waals surface area contributed by atoms with Crippen LogP contribution < -0.4 is 5.32 Å². The third-order valence-electron chi connectivity index (χ3n) is 2.07. The van der Waals surface area contributed by atoms with Crippen LogP contribution in [0.1, 0.15) is 20.8 Å². The molecule has 0 atom stereocenters. The van der Waals surface area contributed by atoms with Gasteiger partial charge in [0.25, 0.3) is 0 Å². The summed E-state index contributed by atoms with van der Waals surface area (Å²) in [6.45, 7) is 5.17. The Morgan fingerprint density at radius 2 is 1.71 bits per heavy atom. The summed E-state index contributed by atoms with van der Waals surface area (Å²) in [7, 11) is 1.04. The molecule has 0 aromatic heterocycles. The van der Waals surface area contributed by atoms with Crippen LogP contribution in [-0.2, 0) is 14.3 Å². The summed E-state index contributed by atoms with van der Waals surface area (Å²) in [5.74, 6) is -1.92. The molecule has 1 N–H and O–H groups in total. The molecule has 9 heteroatoms. The molecule has 6 nitrogen and oxygen atoms in total. The number of likely N-dealkylation sites (N-methyl/N-ethyl adjacent to an activating group) is 1. The molecule has 2 amide bonds. The second-order valence-electron chi connectivity index (χ2n) is 5.27. The van der Waals surface area contributed by atoms with Gasteiger partial charge < -0.3 is 19.7 Å². The maximum atomic E-state index is 12.1. The van der Waals surface area contributed by atoms with Crippen molar-refractivity contribution in [1.82, 2.24) is 10.2 Å². The van der Waals surface area contributed by atoms with Crippen molar-refractivity contribution >= 4 is 12.0 Å². The van der Waals surface area contributed by atoms with Crippen molar-refractivity contribution in [2.75, 3.05) is 33.4 Å². The summed E-state index contributed by atoms with van der Waals surface area (Å²) in [5.41, 5.74) is -0.606. The van der Waals surface area contributed by atoms with Crippen LogP contribution >= 0.6 is 0 Å². The van der Waals surface area contributed by atoms with Gasteiger partial charge in [-0.25, -0.2) is 4.79 Å². The van der Waals surface area contributed by atoms with Crippen LogP contribution in [0.5, 0.6) is 0 Å². The van der Waals surface area contributed by atoms with Gasteiger partial charge >= 0.3 is 18.2 Å². The Bertz CT molecular complexity index is 353. The molecule has 0 aliphatic rings. The van der Waals surface area contributed by atoms with E-state index in [4.69, 9.17) is 9.47 Å². The normalized spacial score (nSPS) is 12.0. The van der Waals surface area contributed by atoms with Crippen molar-refractivity contribution in [2.45, 2.75) is 32.5 Å². The van der Waals surface area contributed by atoms with E-state index in [1.165, 1.54) is 0 Å². The maximum absolute atomic E-state index is 12.1. The lowest BCUT2D eigenvalue weighted by Crippen LogP contribution is -2.40. The van der Waals surface area contributed by atoms with E-state index in [2.05, 4.69) is 5.32 Å². The van der Waals surface area contributed by atoms with Crippen LogP contribution in [0.25, 0.3) is 0 Å². The summed E-state index contributed by atoms with van der Waals surface area (Å²) in [4.78, 5) is 22.5. The minimum atomic E-state index is -4.88. The first-order valence-corrected chi connectivity index (χ1v) is 6.30. The number of alkyl halides is 3. The van der Waals surface area contributed by atoms with Gasteiger partial charge in [0.1, 0.15) is 5.60 Å². The number of nitrogens with zero attached hydrogens (tertiary/aromatic N) is 1. The van der Waals surface area contributed by atoms with Crippen LogP contribution in [0.3, 0.4) is 0 Å². The van der Waals surface area contributed by atoms with Crippen molar-refractivity contribution in [1.29, 1.82) is 0 Å². The van der Waals surface area contributed by atoms with Gasteiger partial charge in [0.2, 0.25) is 0 Å². The highest BCUT2D eigenvalue weighted by molar-refractivity contribution is 5.81. The second-order valence-corrected chi connectivity index (χ2v) is 5.27. The Labute approximate surface area is 121 Å². The molecule has 0 radical (unpaired) electrons. The standard InChI is InChI=1S/C12H21F3N2O4/c1-11(2,3)21-10(19)16-5-7-20-8-6-17(4)9(18)12(13,14)15/h5-8H2,1-4H3,(H,16,19). The highest BCUT2D eigenvalue weighted by Crippen LogP contribution is 2.17. The largest absolute Gasteiger partial charge is 0.471 e. The first-order chi connectivity index (χ1) is 9.43. The number of carbonyl (C=O) groups excluding carboxylic acids is 2. The minimum Gasteiger partial charge on any atom is -0.444 e. The molecule has 0 saturated carbocycles. The molecule has 0 aromatic rings. The van der Waals surface area contributed by atoms with Crippen LogP contribution in [0.4, 0.5) is 18.0 Å². The van der Waals surface area contributed by atoms with Crippen LogP contribution in [0.2, 0.25) is 0 Å². The van der Waals surface area contributed by atoms with Gasteiger partial charge in [-0.05, 0) is 20.8 Å². The number of hydrogen-bond acceptors (Lipinski definition) is 4. The first kappa shape index (κ1) is 19.5. The quantitative estimate of drug-likeness (QED) is 0.755. The maximum Gasteiger partial charge on any atom is 0.471 e. The SMILES string of the molecule is CN(CCOCCNC(=O)OC(C)(C)C)C(=O)C(F)(F)F. The molecule has 0 aromatic carbocycles. The van der Waals surface area contributed by atoms with Crippen molar-refractivity contribution in [3.63, 3.8) is 0 Å². The predicted molar refractivity (Wildman–Crippen MR) is 68.7 cm³/mol. The molecule has 0 fully saturated rings. The van der Waals surface area contributed by atoms with Crippen molar-refractivity contribution < 1.29 is 32.2 Å². The lowest BCUT2D eigenvalue weighted by molar-refractivity contribution is -0.184. The van der Waals surface area contributed by atoms with Crippen molar-refractivity contribution in [3.05, 3.63) is 0 Å². The fourth-order valence-electron chi connectivity index (χ4n) is 1.16. The summed E-state index contributed by atoms with van der Waals surface area (Å²) in [6.07, 6.45) is -5.48. The van der Waals surface area contributed by atoms with Crippen molar-refractivity contribution in [3.8, 4) is 0 Å². The molecule has 0 spiro atoms. The Morgan fingerprint density at radius 1 is 1.14 bits per heavy atom. The first-order valence-electron chi connectivity index (χ1n) is 6.30. The molecular weight excluding hydrogens is 293 g/mol. The average molecular weight is 314 g/mol. The zero-order chi connectivity index (χ0) is 16.7. The third kappa shape index (κ3) is 9.94. The predicted octanol–water partition coefficient (Wildman–Crippen LogP) is 1.55. The number of alkyl carbamates (subject to hydrolysis) is 1. The minimum absolute atomic E-state index is 0.0612. The molecule has 0 bridgehead atoms.